The molecule has 10 aromatic rings. The summed E-state index contributed by atoms with van der Waals surface area (Å²) in [6, 6.07) is -21.2. The predicted molar refractivity (Wildman–Crippen MR) is 194 cm³/mol. The number of aromatic nitrogens is 3. The number of hydrogen-bond acceptors (Lipinski definition) is 5. The molecule has 224 valence electrons. The summed E-state index contributed by atoms with van der Waals surface area (Å²) in [5.74, 6) is -2.51. The molecule has 3 heterocycles. The van der Waals surface area contributed by atoms with Crippen molar-refractivity contribution in [3.63, 3.8) is 0 Å². The van der Waals surface area contributed by atoms with E-state index in [0.29, 0.717) is 0 Å². The van der Waals surface area contributed by atoms with E-state index >= 15 is 0 Å². The lowest BCUT2D eigenvalue weighted by Crippen LogP contribution is -2.01. The molecular formula is C43H25N3O2. The molecule has 0 N–H and O–H groups in total. The molecule has 0 aliphatic carbocycles. The number of nitrogens with zero attached hydrogens (tertiary/aromatic N) is 3. The Kier molecular flexibility index (Phi) is 2.59. The van der Waals surface area contributed by atoms with Gasteiger partial charge in [0.2, 0.25) is 0 Å². The second-order valence-electron chi connectivity index (χ2n) is 10.1. The highest BCUT2D eigenvalue weighted by Gasteiger charge is 2.20. The van der Waals surface area contributed by atoms with Gasteiger partial charge in [-0.15, -0.1) is 0 Å². The van der Waals surface area contributed by atoms with Gasteiger partial charge in [0.1, 0.15) is 22.3 Å². The Balaban J connectivity index is 1.45. The fourth-order valence-electron chi connectivity index (χ4n) is 5.32. The molecule has 3 aromatic heterocycles. The monoisotopic (exact) mass is 640 g/mol. The van der Waals surface area contributed by atoms with Crippen LogP contribution in [0.25, 0.3) is 99.9 Å². The molecule has 0 bridgehead atoms. The van der Waals surface area contributed by atoms with Crippen LogP contribution in [0.5, 0.6) is 0 Å². The van der Waals surface area contributed by atoms with Gasteiger partial charge in [0.05, 0.1) is 34.3 Å². The molecular weight excluding hydrogens is 590 g/mol. The number of furan rings is 2. The lowest BCUT2D eigenvalue weighted by atomic mass is 9.94. The van der Waals surface area contributed by atoms with E-state index in [1.807, 2.05) is 0 Å². The molecule has 0 atom stereocenters. The first-order valence-corrected chi connectivity index (χ1v) is 13.9. The summed E-state index contributed by atoms with van der Waals surface area (Å²) in [5, 5.41) is -3.08. The number of fused-ring (bicyclic) bond motifs is 7. The average Bonchev–Trinajstić information content (AvgIpc) is 3.97. The summed E-state index contributed by atoms with van der Waals surface area (Å²) in [4.78, 5) is 13.5. The molecule has 0 radical (unpaired) electrons. The van der Waals surface area contributed by atoms with E-state index in [0.717, 1.165) is 0 Å². The van der Waals surface area contributed by atoms with Gasteiger partial charge in [0, 0.05) is 38.2 Å². The van der Waals surface area contributed by atoms with Crippen molar-refractivity contribution in [1.82, 2.24) is 15.0 Å². The van der Waals surface area contributed by atoms with Crippen molar-refractivity contribution in [1.29, 1.82) is 0 Å². The predicted octanol–water partition coefficient (Wildman–Crippen LogP) is 11.5. The molecule has 0 amide bonds. The Morgan fingerprint density at radius 1 is 0.354 bits per heavy atom. The molecule has 0 fully saturated rings. The van der Waals surface area contributed by atoms with Crippen molar-refractivity contribution in [2.75, 3.05) is 0 Å². The normalized spacial score (nSPS) is 19.0. The molecule has 5 nitrogen and oxygen atoms in total. The SMILES string of the molecule is [2H]c1c([2H])c([2H])c(-c2c([2H])c([2H])c(-c3nc(-c4c([2H])c([2H])c5oc6c([2H])c([2H])c([2H])c([2H])c6c5c4[2H])nc(-c4c([2H])c([2H])c([2H])c5oc6c([2H])c([2H])c([2H])c([2H])c6c45)n3)c3c([2H])c([2H])c([2H])c([2H])c23)c([2H])c1[2H]. The summed E-state index contributed by atoms with van der Waals surface area (Å²) in [6.45, 7) is 0. The lowest BCUT2D eigenvalue weighted by Gasteiger charge is -2.13. The first kappa shape index (κ1) is 11.9. The minimum Gasteiger partial charge on any atom is -0.456 e. The molecule has 48 heavy (non-hydrogen) atoms. The van der Waals surface area contributed by atoms with Crippen LogP contribution < -0.4 is 0 Å². The Morgan fingerprint density at radius 2 is 0.917 bits per heavy atom. The Morgan fingerprint density at radius 3 is 1.73 bits per heavy atom. The van der Waals surface area contributed by atoms with Crippen LogP contribution in [0.3, 0.4) is 0 Å². The van der Waals surface area contributed by atoms with E-state index in [2.05, 4.69) is 15.0 Å². The largest absolute Gasteiger partial charge is 0.456 e. The van der Waals surface area contributed by atoms with Gasteiger partial charge in [-0.3, -0.25) is 0 Å². The van der Waals surface area contributed by atoms with Crippen LogP contribution in [0.4, 0.5) is 0 Å². The van der Waals surface area contributed by atoms with Gasteiger partial charge >= 0.3 is 0 Å². The van der Waals surface area contributed by atoms with Gasteiger partial charge in [-0.2, -0.15) is 0 Å². The number of rotatable bonds is 4. The topological polar surface area (TPSA) is 65.0 Å². The van der Waals surface area contributed by atoms with Gasteiger partial charge in [0.25, 0.3) is 0 Å². The van der Waals surface area contributed by atoms with E-state index in [9.17, 15) is 8.22 Å². The van der Waals surface area contributed by atoms with Gasteiger partial charge in [-0.25, -0.2) is 15.0 Å². The van der Waals surface area contributed by atoms with Crippen LogP contribution in [-0.2, 0) is 0 Å². The van der Waals surface area contributed by atoms with Gasteiger partial charge in [-0.05, 0) is 64.2 Å². The summed E-state index contributed by atoms with van der Waals surface area (Å²) in [7, 11) is 0. The van der Waals surface area contributed by atoms with Crippen molar-refractivity contribution in [3.05, 3.63) is 151 Å². The third-order valence-electron chi connectivity index (χ3n) is 7.39. The molecule has 7 aromatic carbocycles. The Hall–Kier alpha value is -6.59. The maximum Gasteiger partial charge on any atom is 0.164 e. The van der Waals surface area contributed by atoms with Crippen molar-refractivity contribution in [3.8, 4) is 45.3 Å². The van der Waals surface area contributed by atoms with Crippen LogP contribution in [0.15, 0.2) is 160 Å². The lowest BCUT2D eigenvalue weighted by molar-refractivity contribution is 0.668. The fraction of sp³-hybridized carbons (Fsp3) is 0. The van der Waals surface area contributed by atoms with E-state index < -0.39 is 251 Å². The smallest absolute Gasteiger partial charge is 0.164 e. The first-order valence-electron chi connectivity index (χ1n) is 26.4. The zero-order chi connectivity index (χ0) is 53.4. The zero-order valence-corrected chi connectivity index (χ0v) is 23.7. The number of benzene rings is 7. The van der Waals surface area contributed by atoms with Crippen LogP contribution in [-0.4, -0.2) is 15.0 Å². The summed E-state index contributed by atoms with van der Waals surface area (Å²) < 4.78 is 232. The van der Waals surface area contributed by atoms with Gasteiger partial charge in [-0.1, -0.05) is 109 Å². The highest BCUT2D eigenvalue weighted by Crippen LogP contribution is 2.39. The molecule has 0 saturated heterocycles. The summed E-state index contributed by atoms with van der Waals surface area (Å²) in [5.41, 5.74) is -5.67. The highest BCUT2D eigenvalue weighted by atomic mass is 16.3. The highest BCUT2D eigenvalue weighted by molar-refractivity contribution is 6.12. The first-order chi connectivity index (χ1) is 34.2. The van der Waals surface area contributed by atoms with Crippen LogP contribution in [0, 0.1) is 0 Å². The second kappa shape index (κ2) is 10.5. The van der Waals surface area contributed by atoms with E-state index in [-0.39, 0.29) is 0 Å². The quantitative estimate of drug-likeness (QED) is 0.191. The molecule has 0 saturated carbocycles. The van der Waals surface area contributed by atoms with Crippen molar-refractivity contribution in [2.45, 2.75) is 0 Å². The van der Waals surface area contributed by atoms with Crippen molar-refractivity contribution < 1.29 is 43.1 Å². The van der Waals surface area contributed by atoms with Crippen molar-refractivity contribution >= 4 is 54.6 Å². The third kappa shape index (κ3) is 4.15. The van der Waals surface area contributed by atoms with Crippen LogP contribution in [0.1, 0.15) is 34.3 Å². The summed E-state index contributed by atoms with van der Waals surface area (Å²) >= 11 is 0. The average molecular weight is 641 g/mol. The maximum atomic E-state index is 9.56. The minimum absolute atomic E-state index is 0.396. The molecule has 5 heteroatoms. The standard InChI is InChI=1S/C43H25N3O2/c1-2-11-26(12-3-1)28-22-23-32(30-14-5-4-13-29(28)30)42-44-41(27-21-24-38-35(25-27)31-15-6-8-18-36(31)47-38)45-43(46-42)34-17-10-20-39-40(34)33-16-7-9-19-37(33)48-39/h1-25H/i1D,2D,3D,4D,5D,6D,7D,8D,9D,10D,11D,12D,13D,14D,15D,16D,17D,18D,19D,20D,21D,22D,23D,24D,25D. The van der Waals surface area contributed by atoms with E-state index in [4.69, 9.17) is 34.9 Å². The number of hydrogen-bond donors (Lipinski definition) is 0. The zero-order valence-electron chi connectivity index (χ0n) is 48.7. The molecule has 0 spiro atoms. The van der Waals surface area contributed by atoms with Crippen LogP contribution in [0.2, 0.25) is 0 Å². The Labute approximate surface area is 309 Å². The maximum absolute atomic E-state index is 9.56. The molecule has 0 aliphatic rings. The molecule has 0 aliphatic heterocycles. The van der Waals surface area contributed by atoms with Gasteiger partial charge < -0.3 is 8.83 Å². The fourth-order valence-corrected chi connectivity index (χ4v) is 5.32. The molecule has 0 unspecified atom stereocenters. The minimum atomic E-state index is -1.02. The number of para-hydroxylation sites is 2. The van der Waals surface area contributed by atoms with Crippen molar-refractivity contribution in [2.24, 2.45) is 0 Å². The van der Waals surface area contributed by atoms with E-state index in [1.165, 1.54) is 0 Å². The molecule has 10 rings (SSSR count). The second-order valence-corrected chi connectivity index (χ2v) is 10.1. The Bertz CT molecular complexity index is 4250. The van der Waals surface area contributed by atoms with Crippen LogP contribution >= 0.6 is 0 Å². The summed E-state index contributed by atoms with van der Waals surface area (Å²) in [6.07, 6.45) is 0. The van der Waals surface area contributed by atoms with E-state index in [1.54, 1.807) is 0 Å². The third-order valence-corrected chi connectivity index (χ3v) is 7.39. The van der Waals surface area contributed by atoms with Gasteiger partial charge in [0.15, 0.2) is 17.5 Å².